The highest BCUT2D eigenvalue weighted by atomic mass is 19.4. The molecule has 1 aromatic heterocycles. The zero-order valence-corrected chi connectivity index (χ0v) is 20.4. The van der Waals surface area contributed by atoms with Gasteiger partial charge in [0.1, 0.15) is 11.9 Å². The van der Waals surface area contributed by atoms with Crippen molar-refractivity contribution < 1.29 is 22.7 Å². The highest BCUT2D eigenvalue weighted by molar-refractivity contribution is 6.00. The fraction of sp³-hybridized carbons (Fsp3) is 0.538. The van der Waals surface area contributed by atoms with Crippen molar-refractivity contribution in [1.82, 2.24) is 10.3 Å². The first kappa shape index (κ1) is 24.8. The Labute approximate surface area is 209 Å². The molecule has 2 aliphatic heterocycles. The van der Waals surface area contributed by atoms with Gasteiger partial charge in [0.05, 0.1) is 31.1 Å². The Kier molecular flexibility index (Phi) is 7.07. The second-order valence-corrected chi connectivity index (χ2v) is 9.84. The molecule has 10 heteroatoms. The standard InChI is InChI=1S/C26H32F3N5O2/c1-17(26(27,28)29)31-20-6-4-18(5-7-20)25(35)34-16-19-3-2-10-30-24(19)32-22-9-8-21(15-23(22)34)33-11-13-36-14-12-33/h2-3,8-10,15,17-18,20,31H,4-7,11-14,16H2,1H3,(H,30,32)/t17-,18-,20-/m1/s1. The lowest BCUT2D eigenvalue weighted by Crippen LogP contribution is -2.47. The van der Waals surface area contributed by atoms with E-state index in [1.165, 1.54) is 0 Å². The van der Waals surface area contributed by atoms with Crippen molar-refractivity contribution in [2.45, 2.75) is 57.4 Å². The summed E-state index contributed by atoms with van der Waals surface area (Å²) in [4.78, 5) is 22.5. The van der Waals surface area contributed by atoms with Crippen LogP contribution in [0, 0.1) is 5.92 Å². The van der Waals surface area contributed by atoms with Crippen molar-refractivity contribution >= 4 is 28.8 Å². The number of fused-ring (bicyclic) bond motifs is 2. The van der Waals surface area contributed by atoms with Gasteiger partial charge in [0.2, 0.25) is 5.91 Å². The lowest BCUT2D eigenvalue weighted by atomic mass is 9.84. The minimum absolute atomic E-state index is 0.0104. The van der Waals surface area contributed by atoms with E-state index in [4.69, 9.17) is 4.74 Å². The Hall–Kier alpha value is -2.85. The van der Waals surface area contributed by atoms with Crippen LogP contribution in [0.3, 0.4) is 0 Å². The summed E-state index contributed by atoms with van der Waals surface area (Å²) in [6, 6.07) is 8.12. The smallest absolute Gasteiger partial charge is 0.378 e. The monoisotopic (exact) mass is 503 g/mol. The fourth-order valence-corrected chi connectivity index (χ4v) is 5.30. The van der Waals surface area contributed by atoms with E-state index in [2.05, 4.69) is 26.6 Å². The van der Waals surface area contributed by atoms with Crippen LogP contribution in [0.1, 0.15) is 38.2 Å². The predicted octanol–water partition coefficient (Wildman–Crippen LogP) is 4.61. The zero-order valence-electron chi connectivity index (χ0n) is 20.4. The molecule has 3 aliphatic rings. The molecule has 2 aromatic rings. The van der Waals surface area contributed by atoms with Gasteiger partial charge in [-0.05, 0) is 56.9 Å². The Morgan fingerprint density at radius 3 is 2.64 bits per heavy atom. The number of ether oxygens (including phenoxy) is 1. The number of aromatic nitrogens is 1. The summed E-state index contributed by atoms with van der Waals surface area (Å²) in [5.41, 5.74) is 3.56. The first-order valence-corrected chi connectivity index (χ1v) is 12.6. The van der Waals surface area contributed by atoms with Gasteiger partial charge in [-0.2, -0.15) is 13.2 Å². The number of hydrogen-bond acceptors (Lipinski definition) is 6. The van der Waals surface area contributed by atoms with Gasteiger partial charge in [-0.25, -0.2) is 4.98 Å². The summed E-state index contributed by atoms with van der Waals surface area (Å²) in [7, 11) is 0. The average molecular weight is 504 g/mol. The number of rotatable bonds is 4. The van der Waals surface area contributed by atoms with Crippen LogP contribution < -0.4 is 20.4 Å². The third-order valence-electron chi connectivity index (χ3n) is 7.44. The number of carbonyl (C=O) groups is 1. The highest BCUT2D eigenvalue weighted by Gasteiger charge is 2.39. The molecule has 1 amide bonds. The number of alkyl halides is 3. The number of halogens is 3. The number of nitrogens with one attached hydrogen (secondary N) is 2. The van der Waals surface area contributed by atoms with Crippen molar-refractivity contribution in [1.29, 1.82) is 0 Å². The van der Waals surface area contributed by atoms with Crippen molar-refractivity contribution in [3.05, 3.63) is 42.1 Å². The SMILES string of the molecule is C[C@@H](N[C@H]1CC[C@H](C(=O)N2Cc3cccnc3Nc3ccc(N4CCOCC4)cc32)CC1)C(F)(F)F. The maximum absolute atomic E-state index is 13.9. The van der Waals surface area contributed by atoms with Crippen LogP contribution in [0.25, 0.3) is 0 Å². The van der Waals surface area contributed by atoms with Gasteiger partial charge in [-0.3, -0.25) is 4.79 Å². The van der Waals surface area contributed by atoms with E-state index in [-0.39, 0.29) is 17.9 Å². The molecule has 1 aliphatic carbocycles. The molecule has 0 unspecified atom stereocenters. The van der Waals surface area contributed by atoms with Gasteiger partial charge in [0.15, 0.2) is 0 Å². The Morgan fingerprint density at radius 1 is 1.17 bits per heavy atom. The van der Waals surface area contributed by atoms with Crippen LogP contribution in [-0.4, -0.2) is 55.5 Å². The number of anilines is 4. The van der Waals surface area contributed by atoms with Crippen LogP contribution in [0.15, 0.2) is 36.5 Å². The predicted molar refractivity (Wildman–Crippen MR) is 133 cm³/mol. The zero-order chi connectivity index (χ0) is 25.3. The van der Waals surface area contributed by atoms with Gasteiger partial charge in [0, 0.05) is 42.5 Å². The molecule has 194 valence electrons. The van der Waals surface area contributed by atoms with Crippen LogP contribution in [0.2, 0.25) is 0 Å². The molecule has 0 spiro atoms. The van der Waals surface area contributed by atoms with E-state index in [1.807, 2.05) is 29.2 Å². The molecule has 36 heavy (non-hydrogen) atoms. The molecule has 2 N–H and O–H groups in total. The summed E-state index contributed by atoms with van der Waals surface area (Å²) < 4.78 is 44.4. The number of morpholine rings is 1. The molecular weight excluding hydrogens is 471 g/mol. The Balaban J connectivity index is 1.37. The van der Waals surface area contributed by atoms with Crippen molar-refractivity contribution in [3.63, 3.8) is 0 Å². The minimum Gasteiger partial charge on any atom is -0.378 e. The second-order valence-electron chi connectivity index (χ2n) is 9.84. The number of hydrogen-bond donors (Lipinski definition) is 2. The van der Waals surface area contributed by atoms with E-state index < -0.39 is 12.2 Å². The van der Waals surface area contributed by atoms with E-state index in [0.717, 1.165) is 48.5 Å². The van der Waals surface area contributed by atoms with Gasteiger partial charge in [-0.15, -0.1) is 0 Å². The van der Waals surface area contributed by atoms with Gasteiger partial charge in [0.25, 0.3) is 0 Å². The highest BCUT2D eigenvalue weighted by Crippen LogP contribution is 2.40. The molecule has 2 fully saturated rings. The molecule has 0 bridgehead atoms. The molecule has 1 saturated carbocycles. The molecule has 0 radical (unpaired) electrons. The summed E-state index contributed by atoms with van der Waals surface area (Å²) >= 11 is 0. The molecule has 1 saturated heterocycles. The lowest BCUT2D eigenvalue weighted by molar-refractivity contribution is -0.154. The fourth-order valence-electron chi connectivity index (χ4n) is 5.30. The largest absolute Gasteiger partial charge is 0.403 e. The van der Waals surface area contributed by atoms with E-state index >= 15 is 0 Å². The molecule has 1 aromatic carbocycles. The van der Waals surface area contributed by atoms with Crippen molar-refractivity contribution in [2.75, 3.05) is 41.4 Å². The first-order valence-electron chi connectivity index (χ1n) is 12.6. The third kappa shape index (κ3) is 5.29. The van der Waals surface area contributed by atoms with Crippen LogP contribution in [0.5, 0.6) is 0 Å². The molecule has 3 heterocycles. The van der Waals surface area contributed by atoms with Crippen LogP contribution in [-0.2, 0) is 16.1 Å². The lowest BCUT2D eigenvalue weighted by Gasteiger charge is -2.34. The maximum Gasteiger partial charge on any atom is 0.403 e. The van der Waals surface area contributed by atoms with E-state index in [0.29, 0.717) is 45.4 Å². The third-order valence-corrected chi connectivity index (χ3v) is 7.44. The average Bonchev–Trinajstić information content (AvgIpc) is 3.05. The summed E-state index contributed by atoms with van der Waals surface area (Å²) in [5, 5.41) is 6.10. The van der Waals surface area contributed by atoms with E-state index in [9.17, 15) is 18.0 Å². The van der Waals surface area contributed by atoms with Crippen molar-refractivity contribution in [3.8, 4) is 0 Å². The topological polar surface area (TPSA) is 69.7 Å². The normalized spacial score (nSPS) is 23.2. The Bertz CT molecular complexity index is 1080. The summed E-state index contributed by atoms with van der Waals surface area (Å²) in [6.45, 7) is 4.44. The second kappa shape index (κ2) is 10.3. The van der Waals surface area contributed by atoms with Crippen LogP contribution in [0.4, 0.5) is 36.1 Å². The first-order chi connectivity index (χ1) is 17.3. The minimum atomic E-state index is -4.27. The summed E-state index contributed by atoms with van der Waals surface area (Å²) in [5.74, 6) is 0.501. The van der Waals surface area contributed by atoms with Gasteiger partial charge in [-0.1, -0.05) is 6.07 Å². The molecule has 5 rings (SSSR count). The van der Waals surface area contributed by atoms with Gasteiger partial charge >= 0.3 is 6.18 Å². The number of nitrogens with zero attached hydrogens (tertiary/aromatic N) is 3. The number of benzene rings is 1. The molecule has 7 nitrogen and oxygen atoms in total. The molecular formula is C26H32F3N5O2. The Morgan fingerprint density at radius 2 is 1.92 bits per heavy atom. The van der Waals surface area contributed by atoms with Gasteiger partial charge < -0.3 is 25.2 Å². The number of pyridine rings is 1. The maximum atomic E-state index is 13.9. The summed E-state index contributed by atoms with van der Waals surface area (Å²) in [6.07, 6.45) is -0.341. The number of amides is 1. The quantitative estimate of drug-likeness (QED) is 0.635. The van der Waals surface area contributed by atoms with E-state index in [1.54, 1.807) is 6.20 Å². The molecule has 1 atom stereocenters. The van der Waals surface area contributed by atoms with Crippen molar-refractivity contribution in [2.24, 2.45) is 5.92 Å². The van der Waals surface area contributed by atoms with Crippen LogP contribution >= 0.6 is 0 Å². The number of carbonyl (C=O) groups excluding carboxylic acids is 1.